The average molecular weight is 381 g/mol. The molecular formula is C24H32N2O2. The number of ether oxygens (including phenoxy) is 1. The molecule has 0 spiro atoms. The predicted molar refractivity (Wildman–Crippen MR) is 113 cm³/mol. The van der Waals surface area contributed by atoms with Crippen LogP contribution in [0.4, 0.5) is 0 Å². The van der Waals surface area contributed by atoms with E-state index in [1.54, 1.807) is 13.8 Å². The molecule has 0 saturated carbocycles. The van der Waals surface area contributed by atoms with Crippen LogP contribution in [0, 0.1) is 5.92 Å². The van der Waals surface area contributed by atoms with E-state index < -0.39 is 11.5 Å². The number of nitrogens with two attached hydrogens (primary N) is 1. The van der Waals surface area contributed by atoms with Crippen LogP contribution in [0.15, 0.2) is 54.6 Å². The lowest BCUT2D eigenvalue weighted by Crippen LogP contribution is -2.47. The Balaban J connectivity index is 1.73. The average Bonchev–Trinajstić information content (AvgIpc) is 2.65. The fraction of sp³-hybridized carbons (Fsp3) is 0.458. The van der Waals surface area contributed by atoms with Crippen LogP contribution in [-0.2, 0) is 16.8 Å². The van der Waals surface area contributed by atoms with Gasteiger partial charge in [-0.2, -0.15) is 0 Å². The molecule has 2 unspecified atom stereocenters. The number of amides is 1. The molecule has 4 heteroatoms. The summed E-state index contributed by atoms with van der Waals surface area (Å²) in [7, 11) is 0. The largest absolute Gasteiger partial charge is 0.478 e. The van der Waals surface area contributed by atoms with Crippen LogP contribution in [0.1, 0.15) is 45.2 Å². The predicted octanol–water partition coefficient (Wildman–Crippen LogP) is 4.13. The van der Waals surface area contributed by atoms with E-state index in [9.17, 15) is 4.79 Å². The van der Waals surface area contributed by atoms with Crippen LogP contribution in [0.3, 0.4) is 0 Å². The van der Waals surface area contributed by atoms with Crippen molar-refractivity contribution in [3.63, 3.8) is 0 Å². The zero-order chi connectivity index (χ0) is 20.4. The lowest BCUT2D eigenvalue weighted by atomic mass is 9.68. The lowest BCUT2D eigenvalue weighted by molar-refractivity contribution is -0.130. The molecule has 28 heavy (non-hydrogen) atoms. The van der Waals surface area contributed by atoms with Gasteiger partial charge in [0, 0.05) is 13.1 Å². The summed E-state index contributed by atoms with van der Waals surface area (Å²) in [6.45, 7) is 11.2. The third-order valence-corrected chi connectivity index (χ3v) is 6.28. The molecule has 1 aliphatic rings. The topological polar surface area (TPSA) is 55.6 Å². The van der Waals surface area contributed by atoms with Crippen LogP contribution in [0.5, 0.6) is 5.75 Å². The van der Waals surface area contributed by atoms with Gasteiger partial charge in [0.1, 0.15) is 5.75 Å². The van der Waals surface area contributed by atoms with Crippen molar-refractivity contribution in [3.05, 3.63) is 65.7 Å². The molecule has 2 atom stereocenters. The molecule has 1 heterocycles. The van der Waals surface area contributed by atoms with Gasteiger partial charge in [0.15, 0.2) is 5.60 Å². The summed E-state index contributed by atoms with van der Waals surface area (Å²) in [4.78, 5) is 14.1. The van der Waals surface area contributed by atoms with Gasteiger partial charge < -0.3 is 10.5 Å². The standard InChI is InChI=1S/C24H32N2O2/c1-18-16-26(17-19-9-6-5-7-10-19)14-13-24(18,4)20-11-8-12-21(15-20)28-23(2,3)22(25)27/h5-12,15,18H,13-14,16-17H2,1-4H3,(H2,25,27). The van der Waals surface area contributed by atoms with E-state index in [4.69, 9.17) is 10.5 Å². The van der Waals surface area contributed by atoms with Gasteiger partial charge in [-0.05, 0) is 61.4 Å². The minimum absolute atomic E-state index is 0.0728. The Morgan fingerprint density at radius 3 is 2.57 bits per heavy atom. The number of piperidine rings is 1. The number of carbonyl (C=O) groups is 1. The second-order valence-corrected chi connectivity index (χ2v) is 8.79. The minimum Gasteiger partial charge on any atom is -0.478 e. The highest BCUT2D eigenvalue weighted by molar-refractivity contribution is 5.82. The highest BCUT2D eigenvalue weighted by Crippen LogP contribution is 2.41. The Morgan fingerprint density at radius 1 is 1.21 bits per heavy atom. The molecule has 3 rings (SSSR count). The Morgan fingerprint density at radius 2 is 1.93 bits per heavy atom. The lowest BCUT2D eigenvalue weighted by Gasteiger charge is -2.45. The van der Waals surface area contributed by atoms with Gasteiger partial charge in [-0.3, -0.25) is 9.69 Å². The first-order chi connectivity index (χ1) is 13.2. The van der Waals surface area contributed by atoms with Crippen molar-refractivity contribution in [1.29, 1.82) is 0 Å². The third-order valence-electron chi connectivity index (χ3n) is 6.28. The van der Waals surface area contributed by atoms with Crippen molar-refractivity contribution >= 4 is 5.91 Å². The number of likely N-dealkylation sites (tertiary alicyclic amines) is 1. The van der Waals surface area contributed by atoms with Gasteiger partial charge >= 0.3 is 0 Å². The maximum Gasteiger partial charge on any atom is 0.261 e. The van der Waals surface area contributed by atoms with Gasteiger partial charge in [0.25, 0.3) is 5.91 Å². The number of rotatable bonds is 6. The first-order valence-corrected chi connectivity index (χ1v) is 10.1. The van der Waals surface area contributed by atoms with E-state index >= 15 is 0 Å². The molecular weight excluding hydrogens is 348 g/mol. The molecule has 1 saturated heterocycles. The molecule has 0 radical (unpaired) electrons. The van der Waals surface area contributed by atoms with Crippen molar-refractivity contribution in [1.82, 2.24) is 4.90 Å². The van der Waals surface area contributed by atoms with Gasteiger partial charge in [0.05, 0.1) is 0 Å². The fourth-order valence-corrected chi connectivity index (χ4v) is 3.99. The zero-order valence-corrected chi connectivity index (χ0v) is 17.4. The van der Waals surface area contributed by atoms with Crippen molar-refractivity contribution in [2.24, 2.45) is 11.7 Å². The summed E-state index contributed by atoms with van der Waals surface area (Å²) in [5.74, 6) is 0.734. The van der Waals surface area contributed by atoms with Crippen molar-refractivity contribution < 1.29 is 9.53 Å². The molecule has 1 fully saturated rings. The van der Waals surface area contributed by atoms with Crippen molar-refractivity contribution in [2.75, 3.05) is 13.1 Å². The molecule has 0 aliphatic carbocycles. The SMILES string of the molecule is CC1CN(Cc2ccccc2)CCC1(C)c1cccc(OC(C)(C)C(N)=O)c1. The van der Waals surface area contributed by atoms with Crippen molar-refractivity contribution in [2.45, 2.75) is 51.7 Å². The van der Waals surface area contributed by atoms with Gasteiger partial charge in [-0.15, -0.1) is 0 Å². The van der Waals surface area contributed by atoms with E-state index in [0.717, 1.165) is 26.1 Å². The maximum atomic E-state index is 11.6. The number of carbonyl (C=O) groups excluding carboxylic acids is 1. The van der Waals surface area contributed by atoms with Crippen LogP contribution < -0.4 is 10.5 Å². The summed E-state index contributed by atoms with van der Waals surface area (Å²) in [5, 5.41) is 0. The molecule has 150 valence electrons. The molecule has 1 aliphatic heterocycles. The second kappa shape index (κ2) is 7.96. The Bertz CT molecular complexity index is 818. The van der Waals surface area contributed by atoms with E-state index in [2.05, 4.69) is 61.2 Å². The summed E-state index contributed by atoms with van der Waals surface area (Å²) in [6, 6.07) is 18.8. The highest BCUT2D eigenvalue weighted by atomic mass is 16.5. The molecule has 0 aromatic heterocycles. The molecule has 2 N–H and O–H groups in total. The Hall–Kier alpha value is -2.33. The smallest absolute Gasteiger partial charge is 0.261 e. The molecule has 1 amide bonds. The third kappa shape index (κ3) is 4.39. The monoisotopic (exact) mass is 380 g/mol. The number of hydrogen-bond acceptors (Lipinski definition) is 3. The highest BCUT2D eigenvalue weighted by Gasteiger charge is 2.38. The molecule has 2 aromatic carbocycles. The summed E-state index contributed by atoms with van der Waals surface area (Å²) in [5.41, 5.74) is 7.13. The minimum atomic E-state index is -1.02. The van der Waals surface area contributed by atoms with E-state index in [1.807, 2.05) is 12.1 Å². The van der Waals surface area contributed by atoms with E-state index in [1.165, 1.54) is 11.1 Å². The van der Waals surface area contributed by atoms with E-state index in [-0.39, 0.29) is 5.41 Å². The van der Waals surface area contributed by atoms with Crippen LogP contribution in [0.25, 0.3) is 0 Å². The first-order valence-electron chi connectivity index (χ1n) is 10.1. The normalized spacial score (nSPS) is 23.4. The summed E-state index contributed by atoms with van der Waals surface area (Å²) < 4.78 is 5.89. The van der Waals surface area contributed by atoms with Gasteiger partial charge in [-0.1, -0.05) is 56.3 Å². The van der Waals surface area contributed by atoms with E-state index in [0.29, 0.717) is 11.7 Å². The number of benzene rings is 2. The Labute approximate surface area is 168 Å². The van der Waals surface area contributed by atoms with Crippen LogP contribution in [0.2, 0.25) is 0 Å². The maximum absolute atomic E-state index is 11.6. The zero-order valence-electron chi connectivity index (χ0n) is 17.4. The van der Waals surface area contributed by atoms with Crippen molar-refractivity contribution in [3.8, 4) is 5.75 Å². The molecule has 4 nitrogen and oxygen atoms in total. The first kappa shape index (κ1) is 20.4. The Kier molecular flexibility index (Phi) is 5.80. The second-order valence-electron chi connectivity index (χ2n) is 8.79. The van der Waals surface area contributed by atoms with Crippen LogP contribution >= 0.6 is 0 Å². The van der Waals surface area contributed by atoms with Gasteiger partial charge in [-0.25, -0.2) is 0 Å². The van der Waals surface area contributed by atoms with Gasteiger partial charge in [0.2, 0.25) is 0 Å². The van der Waals surface area contributed by atoms with Crippen LogP contribution in [-0.4, -0.2) is 29.5 Å². The number of nitrogens with zero attached hydrogens (tertiary/aromatic N) is 1. The summed E-state index contributed by atoms with van der Waals surface area (Å²) in [6.07, 6.45) is 1.09. The fourth-order valence-electron chi connectivity index (χ4n) is 3.99. The molecule has 0 bridgehead atoms. The summed E-state index contributed by atoms with van der Waals surface area (Å²) >= 11 is 0. The quantitative estimate of drug-likeness (QED) is 0.820. The number of primary amides is 1. The number of hydrogen-bond donors (Lipinski definition) is 1. The molecule has 2 aromatic rings.